The van der Waals surface area contributed by atoms with E-state index < -0.39 is 11.6 Å². The van der Waals surface area contributed by atoms with Crippen molar-refractivity contribution in [3.63, 3.8) is 0 Å². The van der Waals surface area contributed by atoms with E-state index in [9.17, 15) is 9.59 Å². The van der Waals surface area contributed by atoms with Crippen molar-refractivity contribution in [3.05, 3.63) is 105 Å². The number of benzene rings is 2. The Morgan fingerprint density at radius 3 is 2.77 bits per heavy atom. The first-order chi connectivity index (χ1) is 15.0. The Labute approximate surface area is 179 Å². The van der Waals surface area contributed by atoms with Crippen LogP contribution in [0.2, 0.25) is 0 Å². The number of carbonyl (C=O) groups excluding carboxylic acids is 1. The van der Waals surface area contributed by atoms with Gasteiger partial charge >= 0.3 is 11.6 Å². The van der Waals surface area contributed by atoms with E-state index in [0.29, 0.717) is 17.7 Å². The fourth-order valence-electron chi connectivity index (χ4n) is 3.33. The molecule has 0 aliphatic heterocycles. The number of aryl methyl sites for hydroxylation is 2. The van der Waals surface area contributed by atoms with E-state index in [0.717, 1.165) is 27.6 Å². The predicted molar refractivity (Wildman–Crippen MR) is 119 cm³/mol. The fourth-order valence-corrected chi connectivity index (χ4v) is 3.33. The predicted octanol–water partition coefficient (Wildman–Crippen LogP) is 4.41. The minimum absolute atomic E-state index is 0.0129. The molecule has 0 fully saturated rings. The van der Waals surface area contributed by atoms with Crippen LogP contribution in [-0.4, -0.2) is 15.7 Å². The summed E-state index contributed by atoms with van der Waals surface area (Å²) in [6.07, 6.45) is 6.56. The molecule has 156 valence electrons. The van der Waals surface area contributed by atoms with Crippen LogP contribution in [0.25, 0.3) is 17.0 Å². The SMILES string of the molecule is Cc1ccc2c(COC(=O)/C=C/c3cnn(Cc4ccccc4)c3)cc(=O)oc2c1C. The highest BCUT2D eigenvalue weighted by Gasteiger charge is 2.11. The molecule has 0 aliphatic rings. The molecule has 2 aromatic heterocycles. The molecule has 0 radical (unpaired) electrons. The van der Waals surface area contributed by atoms with Crippen LogP contribution >= 0.6 is 0 Å². The van der Waals surface area contributed by atoms with Crippen molar-refractivity contribution in [3.8, 4) is 0 Å². The lowest BCUT2D eigenvalue weighted by Crippen LogP contribution is -2.06. The second-order valence-electron chi connectivity index (χ2n) is 7.37. The number of nitrogens with zero attached hydrogens (tertiary/aromatic N) is 2. The summed E-state index contributed by atoms with van der Waals surface area (Å²) in [6.45, 7) is 4.49. The minimum Gasteiger partial charge on any atom is -0.458 e. The maximum Gasteiger partial charge on any atom is 0.336 e. The second kappa shape index (κ2) is 8.83. The molecule has 6 nitrogen and oxygen atoms in total. The maximum atomic E-state index is 12.2. The Morgan fingerprint density at radius 1 is 1.16 bits per heavy atom. The van der Waals surface area contributed by atoms with Gasteiger partial charge in [-0.3, -0.25) is 4.68 Å². The third-order valence-electron chi connectivity index (χ3n) is 5.14. The number of hydrogen-bond donors (Lipinski definition) is 0. The Bertz CT molecular complexity index is 1320. The van der Waals surface area contributed by atoms with Crippen molar-refractivity contribution >= 4 is 23.0 Å². The number of carbonyl (C=O) groups is 1. The van der Waals surface area contributed by atoms with Gasteiger partial charge in [-0.1, -0.05) is 42.5 Å². The van der Waals surface area contributed by atoms with Crippen LogP contribution in [0.15, 0.2) is 76.2 Å². The van der Waals surface area contributed by atoms with Crippen molar-refractivity contribution in [2.24, 2.45) is 0 Å². The molecule has 0 amide bonds. The first kappa shape index (κ1) is 20.3. The van der Waals surface area contributed by atoms with E-state index in [4.69, 9.17) is 9.15 Å². The number of fused-ring (bicyclic) bond motifs is 1. The number of aromatic nitrogens is 2. The van der Waals surface area contributed by atoms with Crippen molar-refractivity contribution in [2.45, 2.75) is 27.0 Å². The summed E-state index contributed by atoms with van der Waals surface area (Å²) in [7, 11) is 0. The van der Waals surface area contributed by atoms with Crippen LogP contribution in [0.4, 0.5) is 0 Å². The highest BCUT2D eigenvalue weighted by molar-refractivity contribution is 5.87. The Morgan fingerprint density at radius 2 is 1.97 bits per heavy atom. The van der Waals surface area contributed by atoms with Gasteiger partial charge in [0.2, 0.25) is 0 Å². The van der Waals surface area contributed by atoms with E-state index in [1.54, 1.807) is 17.0 Å². The van der Waals surface area contributed by atoms with Gasteiger partial charge in [-0.05, 0) is 36.6 Å². The topological polar surface area (TPSA) is 74.3 Å². The molecule has 0 N–H and O–H groups in total. The van der Waals surface area contributed by atoms with E-state index in [-0.39, 0.29) is 6.61 Å². The molecule has 4 aromatic rings. The molecule has 0 aliphatic carbocycles. The first-order valence-corrected chi connectivity index (χ1v) is 9.94. The van der Waals surface area contributed by atoms with E-state index >= 15 is 0 Å². The second-order valence-corrected chi connectivity index (χ2v) is 7.37. The minimum atomic E-state index is -0.499. The van der Waals surface area contributed by atoms with Crippen LogP contribution in [-0.2, 0) is 22.7 Å². The number of ether oxygens (including phenoxy) is 1. The molecule has 0 atom stereocenters. The molecule has 0 saturated carbocycles. The molecule has 2 aromatic carbocycles. The van der Waals surface area contributed by atoms with E-state index in [1.807, 2.05) is 62.5 Å². The zero-order chi connectivity index (χ0) is 21.8. The van der Waals surface area contributed by atoms with Gasteiger partial charge in [0.1, 0.15) is 12.2 Å². The summed E-state index contributed by atoms with van der Waals surface area (Å²) in [6, 6.07) is 15.2. The average Bonchev–Trinajstić information content (AvgIpc) is 3.21. The zero-order valence-electron chi connectivity index (χ0n) is 17.4. The summed E-state index contributed by atoms with van der Waals surface area (Å²) in [5.41, 5.74) is 4.55. The Kier molecular flexibility index (Phi) is 5.80. The molecule has 0 saturated heterocycles. The Balaban J connectivity index is 1.41. The van der Waals surface area contributed by atoms with E-state index in [1.165, 1.54) is 12.1 Å². The molecule has 31 heavy (non-hydrogen) atoms. The lowest BCUT2D eigenvalue weighted by Gasteiger charge is -2.09. The number of esters is 1. The van der Waals surface area contributed by atoms with E-state index in [2.05, 4.69) is 5.10 Å². The van der Waals surface area contributed by atoms with Crippen LogP contribution in [0, 0.1) is 13.8 Å². The average molecular weight is 414 g/mol. The Hall–Kier alpha value is -3.93. The van der Waals surface area contributed by atoms with Crippen LogP contribution in [0.3, 0.4) is 0 Å². The van der Waals surface area contributed by atoms with Crippen molar-refractivity contribution in [1.82, 2.24) is 9.78 Å². The summed E-state index contributed by atoms with van der Waals surface area (Å²) in [5, 5.41) is 5.08. The molecule has 0 bridgehead atoms. The van der Waals surface area contributed by atoms with Crippen LogP contribution in [0.1, 0.15) is 27.8 Å². The van der Waals surface area contributed by atoms with Gasteiger partial charge < -0.3 is 9.15 Å². The third kappa shape index (κ3) is 4.80. The van der Waals surface area contributed by atoms with Gasteiger partial charge in [0.25, 0.3) is 0 Å². The van der Waals surface area contributed by atoms with Crippen LogP contribution < -0.4 is 5.63 Å². The normalized spacial score (nSPS) is 11.3. The number of hydrogen-bond acceptors (Lipinski definition) is 5. The highest BCUT2D eigenvalue weighted by atomic mass is 16.5. The standard InChI is InChI=1S/C25H22N2O4/c1-17-8-10-22-21(12-24(29)31-25(22)18(17)2)16-30-23(28)11-9-20-13-26-27(15-20)14-19-6-4-3-5-7-19/h3-13,15H,14,16H2,1-2H3/b11-9+. The lowest BCUT2D eigenvalue weighted by atomic mass is 10.0. The first-order valence-electron chi connectivity index (χ1n) is 9.94. The fraction of sp³-hybridized carbons (Fsp3) is 0.160. The quantitative estimate of drug-likeness (QED) is 0.265. The van der Waals surface area contributed by atoms with Gasteiger partial charge in [0.15, 0.2) is 0 Å². The van der Waals surface area contributed by atoms with Gasteiger partial charge in [-0.15, -0.1) is 0 Å². The molecular formula is C25H22N2O4. The largest absolute Gasteiger partial charge is 0.458 e. The van der Waals surface area contributed by atoms with Gasteiger partial charge in [-0.25, -0.2) is 9.59 Å². The van der Waals surface area contributed by atoms with Crippen molar-refractivity contribution < 1.29 is 13.9 Å². The summed E-state index contributed by atoms with van der Waals surface area (Å²) in [4.78, 5) is 24.1. The van der Waals surface area contributed by atoms with Crippen LogP contribution in [0.5, 0.6) is 0 Å². The molecule has 4 rings (SSSR count). The van der Waals surface area contributed by atoms with Crippen molar-refractivity contribution in [1.29, 1.82) is 0 Å². The smallest absolute Gasteiger partial charge is 0.336 e. The molecular weight excluding hydrogens is 392 g/mol. The molecule has 0 spiro atoms. The summed E-state index contributed by atoms with van der Waals surface area (Å²) < 4.78 is 12.5. The molecule has 6 heteroatoms. The van der Waals surface area contributed by atoms with Gasteiger partial charge in [0, 0.05) is 34.9 Å². The molecule has 0 unspecified atom stereocenters. The third-order valence-corrected chi connectivity index (χ3v) is 5.14. The summed E-state index contributed by atoms with van der Waals surface area (Å²) >= 11 is 0. The summed E-state index contributed by atoms with van der Waals surface area (Å²) in [5.74, 6) is -0.499. The number of rotatable bonds is 6. The molecule has 2 heterocycles. The lowest BCUT2D eigenvalue weighted by molar-refractivity contribution is -0.138. The maximum absolute atomic E-state index is 12.2. The zero-order valence-corrected chi connectivity index (χ0v) is 17.4. The highest BCUT2D eigenvalue weighted by Crippen LogP contribution is 2.23. The monoisotopic (exact) mass is 414 g/mol. The van der Waals surface area contributed by atoms with Gasteiger partial charge in [-0.2, -0.15) is 5.10 Å². The van der Waals surface area contributed by atoms with Crippen molar-refractivity contribution in [2.75, 3.05) is 0 Å². The van der Waals surface area contributed by atoms with Gasteiger partial charge in [0.05, 0.1) is 12.7 Å².